The summed E-state index contributed by atoms with van der Waals surface area (Å²) in [5.74, 6) is -2.67. The number of oxime groups is 1. The number of nitrogens with one attached hydrogen (secondary N) is 1. The number of aliphatic hydroxyl groups excluding tert-OH is 3. The number of carbonyl (C=O) groups excluding carboxylic acids is 3. The molecule has 15 heteroatoms. The summed E-state index contributed by atoms with van der Waals surface area (Å²) in [6.45, 7) is 4.04. The number of benzene rings is 1. The molecule has 4 rings (SSSR count). The highest BCUT2D eigenvalue weighted by Crippen LogP contribution is 2.32. The minimum Gasteiger partial charge on any atom is -0.508 e. The molecule has 270 valence electrons. The van der Waals surface area contributed by atoms with Gasteiger partial charge in [0.25, 0.3) is 5.91 Å². The van der Waals surface area contributed by atoms with Crippen LogP contribution < -0.4 is 5.32 Å². The van der Waals surface area contributed by atoms with Crippen LogP contribution in [0.4, 0.5) is 0 Å². The van der Waals surface area contributed by atoms with Crippen LogP contribution in [0.5, 0.6) is 11.5 Å². The van der Waals surface area contributed by atoms with E-state index >= 15 is 0 Å². The number of cyclic esters (lactones) is 1. The predicted molar refractivity (Wildman–Crippen MR) is 181 cm³/mol. The van der Waals surface area contributed by atoms with Crippen LogP contribution in [0.2, 0.25) is 0 Å². The molecule has 6 N–H and O–H groups in total. The van der Waals surface area contributed by atoms with Gasteiger partial charge in [-0.25, -0.2) is 4.79 Å². The molecule has 0 aliphatic carbocycles. The summed E-state index contributed by atoms with van der Waals surface area (Å²) >= 11 is 1.01. The van der Waals surface area contributed by atoms with E-state index in [0.717, 1.165) is 37.1 Å². The van der Waals surface area contributed by atoms with E-state index in [1.807, 2.05) is 0 Å². The first-order valence-electron chi connectivity index (χ1n) is 16.6. The standard InChI is InChI=1S/C34H47N3O11S/c1-20-8-6-9-23(35-28(41)19-49-34-32(44)31(43)21(2)27(17-38)48-34)10-7-11-24(36-46-18-29(42)37-12-4-3-5-13-37)14-22-15-25(39)16-26(40)30(22)33(45)47-20/h6-7,9,11,15-16,20-21,23,27,31-32,34,38-40,43-44H,3-5,8,10,12-14,17-19H2,1-2H3,(H,35,41)/b9-6+,11-7+,36-24+/t20-,21-,23-,27?,31+,32?,34+/m1/s1. The highest BCUT2D eigenvalue weighted by Gasteiger charge is 2.42. The smallest absolute Gasteiger partial charge is 0.342 e. The molecule has 14 nitrogen and oxygen atoms in total. The lowest BCUT2D eigenvalue weighted by Gasteiger charge is -2.40. The Morgan fingerprint density at radius 1 is 1.08 bits per heavy atom. The van der Waals surface area contributed by atoms with Crippen molar-refractivity contribution in [1.82, 2.24) is 10.2 Å². The summed E-state index contributed by atoms with van der Waals surface area (Å²) in [4.78, 5) is 46.0. The molecule has 1 aromatic rings. The Morgan fingerprint density at radius 2 is 1.84 bits per heavy atom. The van der Waals surface area contributed by atoms with Crippen molar-refractivity contribution in [3.63, 3.8) is 0 Å². The third-order valence-electron chi connectivity index (χ3n) is 8.65. The van der Waals surface area contributed by atoms with Crippen molar-refractivity contribution < 1.29 is 54.2 Å². The molecule has 7 atom stereocenters. The van der Waals surface area contributed by atoms with Crippen molar-refractivity contribution in [3.8, 4) is 11.5 Å². The number of allylic oxidation sites excluding steroid dienone is 1. The molecule has 2 saturated heterocycles. The fraction of sp³-hybridized carbons (Fsp3) is 0.588. The van der Waals surface area contributed by atoms with E-state index in [4.69, 9.17) is 14.3 Å². The highest BCUT2D eigenvalue weighted by atomic mass is 32.2. The van der Waals surface area contributed by atoms with E-state index in [1.54, 1.807) is 43.1 Å². The van der Waals surface area contributed by atoms with Gasteiger partial charge in [-0.3, -0.25) is 9.59 Å². The first kappa shape index (κ1) is 38.2. The number of rotatable bonds is 8. The predicted octanol–water partition coefficient (Wildman–Crippen LogP) is 1.77. The van der Waals surface area contributed by atoms with E-state index in [0.29, 0.717) is 25.9 Å². The van der Waals surface area contributed by atoms with Crippen LogP contribution >= 0.6 is 11.8 Å². The Bertz CT molecular complexity index is 1400. The Balaban J connectivity index is 1.50. The molecule has 49 heavy (non-hydrogen) atoms. The van der Waals surface area contributed by atoms with Gasteiger partial charge in [0.1, 0.15) is 34.7 Å². The quantitative estimate of drug-likeness (QED) is 0.130. The van der Waals surface area contributed by atoms with Gasteiger partial charge in [0.15, 0.2) is 6.61 Å². The summed E-state index contributed by atoms with van der Waals surface area (Å²) < 4.78 is 11.3. The van der Waals surface area contributed by atoms with Gasteiger partial charge >= 0.3 is 5.97 Å². The third-order valence-corrected chi connectivity index (χ3v) is 9.80. The average molecular weight is 706 g/mol. The van der Waals surface area contributed by atoms with Gasteiger partial charge in [0.05, 0.1) is 36.3 Å². The number of esters is 1. The van der Waals surface area contributed by atoms with Crippen LogP contribution in [0.25, 0.3) is 0 Å². The molecule has 0 radical (unpaired) electrons. The topological polar surface area (TPSA) is 208 Å². The fourth-order valence-electron chi connectivity index (χ4n) is 5.85. The zero-order valence-electron chi connectivity index (χ0n) is 27.8. The number of hydrogen-bond donors (Lipinski definition) is 6. The number of hydrogen-bond acceptors (Lipinski definition) is 13. The number of aromatic hydroxyl groups is 2. The van der Waals surface area contributed by atoms with Crippen molar-refractivity contribution in [2.24, 2.45) is 11.1 Å². The molecule has 2 amide bonds. The third kappa shape index (κ3) is 10.9. The Morgan fingerprint density at radius 3 is 2.57 bits per heavy atom. The molecular weight excluding hydrogens is 658 g/mol. The van der Waals surface area contributed by atoms with Crippen LogP contribution in [0.15, 0.2) is 41.6 Å². The largest absolute Gasteiger partial charge is 0.508 e. The lowest BCUT2D eigenvalue weighted by molar-refractivity contribution is -0.176. The molecule has 3 aliphatic heterocycles. The van der Waals surface area contributed by atoms with Gasteiger partial charge in [-0.15, -0.1) is 11.8 Å². The average Bonchev–Trinajstić information content (AvgIpc) is 3.06. The minimum absolute atomic E-state index is 0.0678. The van der Waals surface area contributed by atoms with Gasteiger partial charge in [-0.2, -0.15) is 0 Å². The number of fused-ring (bicyclic) bond motifs is 1. The fourth-order valence-corrected chi connectivity index (χ4v) is 6.83. The van der Waals surface area contributed by atoms with E-state index < -0.39 is 53.5 Å². The Labute approximate surface area is 289 Å². The molecular formula is C34H47N3O11S. The molecule has 3 heterocycles. The molecule has 0 saturated carbocycles. The second-order valence-electron chi connectivity index (χ2n) is 12.5. The van der Waals surface area contributed by atoms with Crippen molar-refractivity contribution in [1.29, 1.82) is 0 Å². The van der Waals surface area contributed by atoms with Gasteiger partial charge in [0.2, 0.25) is 5.91 Å². The molecule has 2 unspecified atom stereocenters. The molecule has 3 aliphatic rings. The molecule has 1 aromatic carbocycles. The number of nitrogens with zero attached hydrogens (tertiary/aromatic N) is 2. The van der Waals surface area contributed by atoms with Crippen molar-refractivity contribution >= 4 is 35.3 Å². The lowest BCUT2D eigenvalue weighted by Crippen LogP contribution is -2.53. The number of ether oxygens (including phenoxy) is 2. The zero-order chi connectivity index (χ0) is 35.5. The molecule has 0 spiro atoms. The second-order valence-corrected chi connectivity index (χ2v) is 13.6. The minimum atomic E-state index is -1.24. The summed E-state index contributed by atoms with van der Waals surface area (Å²) in [6, 6.07) is 1.87. The number of likely N-dealkylation sites (tertiary alicyclic amines) is 1. The van der Waals surface area contributed by atoms with Crippen LogP contribution in [-0.4, -0.2) is 122 Å². The monoisotopic (exact) mass is 705 g/mol. The number of piperidine rings is 1. The molecule has 2 fully saturated rings. The van der Waals surface area contributed by atoms with Gasteiger partial charge in [-0.05, 0) is 50.3 Å². The molecule has 0 aromatic heterocycles. The Hall–Kier alpha value is -3.63. The van der Waals surface area contributed by atoms with Crippen molar-refractivity contribution in [2.45, 2.75) is 88.3 Å². The molecule has 0 bridgehead atoms. The van der Waals surface area contributed by atoms with E-state index in [2.05, 4.69) is 10.5 Å². The zero-order valence-corrected chi connectivity index (χ0v) is 28.6. The van der Waals surface area contributed by atoms with E-state index in [9.17, 15) is 39.9 Å². The number of amides is 2. The summed E-state index contributed by atoms with van der Waals surface area (Å²) in [6.07, 6.45) is 6.70. The number of carbonyl (C=O) groups is 3. The van der Waals surface area contributed by atoms with Crippen molar-refractivity contribution in [3.05, 3.63) is 47.6 Å². The van der Waals surface area contributed by atoms with Crippen LogP contribution in [0, 0.1) is 5.92 Å². The van der Waals surface area contributed by atoms with Gasteiger partial charge in [-0.1, -0.05) is 30.3 Å². The van der Waals surface area contributed by atoms with Gasteiger partial charge < -0.3 is 50.1 Å². The lowest BCUT2D eigenvalue weighted by atomic mass is 9.92. The Kier molecular flexibility index (Phi) is 14.3. The SMILES string of the molecule is C[C@@H]1C/C=C/[C@@H](NC(=O)CS[C@@H]2OC(CO)[C@@H](C)[C@H](O)C2O)C/C=C/C(=N\OCC(=O)N2CCCCC2)Cc2cc(O)cc(O)c2C(=O)O1. The summed E-state index contributed by atoms with van der Waals surface area (Å²) in [7, 11) is 0. The van der Waals surface area contributed by atoms with E-state index in [-0.39, 0.29) is 59.8 Å². The normalized spacial score (nSPS) is 30.4. The number of phenolic OH excluding ortho intramolecular Hbond substituents is 2. The first-order valence-corrected chi connectivity index (χ1v) is 17.6. The maximum Gasteiger partial charge on any atom is 0.342 e. The maximum atomic E-state index is 13.2. The van der Waals surface area contributed by atoms with Crippen LogP contribution in [-0.2, 0) is 30.3 Å². The van der Waals surface area contributed by atoms with E-state index in [1.165, 1.54) is 6.07 Å². The van der Waals surface area contributed by atoms with Gasteiger partial charge in [0, 0.05) is 37.9 Å². The summed E-state index contributed by atoms with van der Waals surface area (Å²) in [5, 5.41) is 58.3. The number of phenols is 2. The van der Waals surface area contributed by atoms with Crippen LogP contribution in [0.1, 0.15) is 61.9 Å². The second kappa shape index (κ2) is 18.4. The van der Waals surface area contributed by atoms with Crippen LogP contribution in [0.3, 0.4) is 0 Å². The number of aliphatic hydroxyl groups is 3. The summed E-state index contributed by atoms with van der Waals surface area (Å²) in [5.41, 5.74) is -0.534. The highest BCUT2D eigenvalue weighted by molar-refractivity contribution is 8.00. The number of thioether (sulfide) groups is 1. The maximum absolute atomic E-state index is 13.2. The van der Waals surface area contributed by atoms with Crippen molar-refractivity contribution in [2.75, 3.05) is 32.1 Å². The first-order chi connectivity index (χ1) is 23.5.